The molecule has 0 atom stereocenters. The monoisotopic (exact) mass is 460 g/mol. The molecule has 0 unspecified atom stereocenters. The Balaban J connectivity index is 1.75. The molecule has 172 valence electrons. The molecule has 0 saturated heterocycles. The third-order valence-electron chi connectivity index (χ3n) is 4.79. The Morgan fingerprint density at radius 2 is 1.64 bits per heavy atom. The van der Waals surface area contributed by atoms with Gasteiger partial charge in [-0.25, -0.2) is 4.39 Å². The van der Waals surface area contributed by atoms with Crippen LogP contribution in [0.1, 0.15) is 27.9 Å². The molecule has 2 N–H and O–H groups in total. The fourth-order valence-corrected chi connectivity index (χ4v) is 3.18. The third-order valence-corrected chi connectivity index (χ3v) is 4.79. The average Bonchev–Trinajstić information content (AvgIpc) is 2.78. The Morgan fingerprint density at radius 1 is 0.939 bits per heavy atom. The van der Waals surface area contributed by atoms with E-state index in [1.807, 2.05) is 0 Å². The van der Waals surface area contributed by atoms with Crippen LogP contribution in [0.2, 0.25) is 0 Å². The Bertz CT molecular complexity index is 1160. The maximum Gasteiger partial charge on any atom is 0.418 e. The number of aryl methyl sites for hydroxylation is 1. The maximum absolute atomic E-state index is 13.8. The molecular weight excluding hydrogens is 440 g/mol. The maximum atomic E-state index is 13.8. The molecule has 0 aromatic heterocycles. The lowest BCUT2D eigenvalue weighted by Crippen LogP contribution is -2.18. The van der Waals surface area contributed by atoms with Gasteiger partial charge in [-0.05, 0) is 48.4 Å². The summed E-state index contributed by atoms with van der Waals surface area (Å²) in [5.74, 6) is -1.73. The molecule has 3 rings (SSSR count). The van der Waals surface area contributed by atoms with Gasteiger partial charge in [-0.2, -0.15) is 13.2 Å². The lowest BCUT2D eigenvalue weighted by molar-refractivity contribution is -0.136. The minimum atomic E-state index is -4.80. The summed E-state index contributed by atoms with van der Waals surface area (Å²) in [4.78, 5) is 24.5. The Hall–Kier alpha value is -3.88. The van der Waals surface area contributed by atoms with E-state index in [9.17, 15) is 27.2 Å². The zero-order chi connectivity index (χ0) is 24.0. The number of rotatable bonds is 7. The van der Waals surface area contributed by atoms with Crippen LogP contribution < -0.4 is 15.4 Å². The fourth-order valence-electron chi connectivity index (χ4n) is 3.18. The molecule has 0 aliphatic heterocycles. The second kappa shape index (κ2) is 10.2. The summed E-state index contributed by atoms with van der Waals surface area (Å²) in [6.07, 6.45) is -4.60. The van der Waals surface area contributed by atoms with Gasteiger partial charge in [0.15, 0.2) is 0 Å². The summed E-state index contributed by atoms with van der Waals surface area (Å²) in [5, 5.41) is 4.52. The Labute approximate surface area is 187 Å². The third kappa shape index (κ3) is 6.09. The lowest BCUT2D eigenvalue weighted by atomic mass is 10.1. The number of hydrogen-bond acceptors (Lipinski definition) is 3. The van der Waals surface area contributed by atoms with Gasteiger partial charge in [-0.1, -0.05) is 30.3 Å². The van der Waals surface area contributed by atoms with Gasteiger partial charge in [0.1, 0.15) is 11.6 Å². The van der Waals surface area contributed by atoms with Crippen LogP contribution >= 0.6 is 0 Å². The van der Waals surface area contributed by atoms with Crippen LogP contribution in [0.3, 0.4) is 0 Å². The standard InChI is InChI=1S/C24H20F4N2O3/c1-33-21-9-5-2-6-15(21)10-13-22(31)30-20-12-11-16(14-18(20)24(26,27)28)29-23(32)17-7-3-4-8-19(17)25/h2-9,11-12,14H,10,13H2,1H3,(H,29,32)(H,30,31). The smallest absolute Gasteiger partial charge is 0.418 e. The van der Waals surface area contributed by atoms with Crippen LogP contribution in [0.15, 0.2) is 66.7 Å². The number of hydrogen-bond donors (Lipinski definition) is 2. The number of para-hydroxylation sites is 1. The average molecular weight is 460 g/mol. The van der Waals surface area contributed by atoms with Gasteiger partial charge in [0.25, 0.3) is 5.91 Å². The molecule has 0 aliphatic rings. The van der Waals surface area contributed by atoms with Gasteiger partial charge >= 0.3 is 6.18 Å². The number of ether oxygens (including phenoxy) is 1. The first-order chi connectivity index (χ1) is 15.7. The number of anilines is 2. The first-order valence-corrected chi connectivity index (χ1v) is 9.88. The fraction of sp³-hybridized carbons (Fsp3) is 0.167. The van der Waals surface area contributed by atoms with Crippen molar-refractivity contribution in [1.29, 1.82) is 0 Å². The van der Waals surface area contributed by atoms with E-state index in [0.717, 1.165) is 17.7 Å². The molecule has 9 heteroatoms. The van der Waals surface area contributed by atoms with Gasteiger partial charge in [0.2, 0.25) is 5.91 Å². The van der Waals surface area contributed by atoms with Gasteiger partial charge in [-0.3, -0.25) is 9.59 Å². The van der Waals surface area contributed by atoms with E-state index < -0.39 is 35.1 Å². The van der Waals surface area contributed by atoms with Crippen molar-refractivity contribution in [3.8, 4) is 5.75 Å². The van der Waals surface area contributed by atoms with E-state index in [4.69, 9.17) is 4.74 Å². The first kappa shape index (κ1) is 23.8. The zero-order valence-corrected chi connectivity index (χ0v) is 17.5. The van der Waals surface area contributed by atoms with Crippen LogP contribution in [-0.4, -0.2) is 18.9 Å². The largest absolute Gasteiger partial charge is 0.496 e. The molecule has 3 aromatic carbocycles. The molecule has 0 saturated carbocycles. The van der Waals surface area contributed by atoms with Crippen molar-refractivity contribution in [2.75, 3.05) is 17.7 Å². The van der Waals surface area contributed by atoms with Crippen molar-refractivity contribution < 1.29 is 31.9 Å². The number of halogens is 4. The van der Waals surface area contributed by atoms with Gasteiger partial charge in [0.05, 0.1) is 23.9 Å². The van der Waals surface area contributed by atoms with E-state index in [-0.39, 0.29) is 24.1 Å². The lowest BCUT2D eigenvalue weighted by Gasteiger charge is -2.16. The van der Waals surface area contributed by atoms with Crippen molar-refractivity contribution >= 4 is 23.2 Å². The van der Waals surface area contributed by atoms with E-state index in [2.05, 4.69) is 10.6 Å². The van der Waals surface area contributed by atoms with Crippen LogP contribution in [0.4, 0.5) is 28.9 Å². The molecule has 0 spiro atoms. The zero-order valence-electron chi connectivity index (χ0n) is 17.5. The summed E-state index contributed by atoms with van der Waals surface area (Å²) in [6, 6.07) is 15.1. The minimum Gasteiger partial charge on any atom is -0.496 e. The summed E-state index contributed by atoms with van der Waals surface area (Å²) in [5.41, 5.74) is -1.34. The molecule has 5 nitrogen and oxygen atoms in total. The predicted octanol–water partition coefficient (Wildman–Crippen LogP) is 5.68. The highest BCUT2D eigenvalue weighted by Gasteiger charge is 2.34. The molecule has 2 amide bonds. The quantitative estimate of drug-likeness (QED) is 0.446. The van der Waals surface area contributed by atoms with Crippen LogP contribution in [-0.2, 0) is 17.4 Å². The second-order valence-corrected chi connectivity index (χ2v) is 7.05. The summed E-state index contributed by atoms with van der Waals surface area (Å²) >= 11 is 0. The molecular formula is C24H20F4N2O3. The van der Waals surface area contributed by atoms with Gasteiger partial charge < -0.3 is 15.4 Å². The number of nitrogens with one attached hydrogen (secondary N) is 2. The van der Waals surface area contributed by atoms with Crippen molar-refractivity contribution in [3.63, 3.8) is 0 Å². The predicted molar refractivity (Wildman–Crippen MR) is 116 cm³/mol. The highest BCUT2D eigenvalue weighted by atomic mass is 19.4. The molecule has 0 aliphatic carbocycles. The highest BCUT2D eigenvalue weighted by Crippen LogP contribution is 2.37. The summed E-state index contributed by atoms with van der Waals surface area (Å²) < 4.78 is 59.8. The van der Waals surface area contributed by atoms with Crippen LogP contribution in [0.5, 0.6) is 5.75 Å². The van der Waals surface area contributed by atoms with Crippen molar-refractivity contribution in [2.24, 2.45) is 0 Å². The van der Waals surface area contributed by atoms with E-state index in [0.29, 0.717) is 11.8 Å². The van der Waals surface area contributed by atoms with Crippen LogP contribution in [0.25, 0.3) is 0 Å². The number of carbonyl (C=O) groups excluding carboxylic acids is 2. The van der Waals surface area contributed by atoms with Crippen LogP contribution in [0, 0.1) is 5.82 Å². The summed E-state index contributed by atoms with van der Waals surface area (Å²) in [7, 11) is 1.49. The van der Waals surface area contributed by atoms with E-state index in [1.165, 1.54) is 31.4 Å². The molecule has 3 aromatic rings. The number of methoxy groups -OCH3 is 1. The van der Waals surface area contributed by atoms with E-state index in [1.54, 1.807) is 24.3 Å². The van der Waals surface area contributed by atoms with Gasteiger partial charge in [0, 0.05) is 12.1 Å². The topological polar surface area (TPSA) is 67.4 Å². The van der Waals surface area contributed by atoms with Gasteiger partial charge in [-0.15, -0.1) is 0 Å². The minimum absolute atomic E-state index is 0.0660. The van der Waals surface area contributed by atoms with Crippen molar-refractivity contribution in [1.82, 2.24) is 0 Å². The second-order valence-electron chi connectivity index (χ2n) is 7.05. The molecule has 33 heavy (non-hydrogen) atoms. The number of alkyl halides is 3. The number of carbonyl (C=O) groups is 2. The summed E-state index contributed by atoms with van der Waals surface area (Å²) in [6.45, 7) is 0. The Morgan fingerprint density at radius 3 is 2.33 bits per heavy atom. The highest BCUT2D eigenvalue weighted by molar-refractivity contribution is 6.04. The number of benzene rings is 3. The molecule has 0 radical (unpaired) electrons. The van der Waals surface area contributed by atoms with E-state index >= 15 is 0 Å². The number of amides is 2. The SMILES string of the molecule is COc1ccccc1CCC(=O)Nc1ccc(NC(=O)c2ccccc2F)cc1C(F)(F)F. The Kier molecular flexibility index (Phi) is 7.32. The van der Waals surface area contributed by atoms with Crippen molar-refractivity contribution in [3.05, 3.63) is 89.2 Å². The van der Waals surface area contributed by atoms with Crippen molar-refractivity contribution in [2.45, 2.75) is 19.0 Å². The normalized spacial score (nSPS) is 11.1. The molecule has 0 bridgehead atoms. The first-order valence-electron chi connectivity index (χ1n) is 9.88. The molecule has 0 heterocycles. The molecule has 0 fully saturated rings.